The average Bonchev–Trinajstić information content (AvgIpc) is 2.91. The molecule has 0 aliphatic rings. The van der Waals surface area contributed by atoms with E-state index in [0.29, 0.717) is 22.3 Å². The van der Waals surface area contributed by atoms with Crippen molar-refractivity contribution in [3.63, 3.8) is 0 Å². The lowest BCUT2D eigenvalue weighted by molar-refractivity contribution is 1.23. The number of nitrogens with two attached hydrogens (primary N) is 1. The molecule has 0 unspecified atom stereocenters. The first-order valence-corrected chi connectivity index (χ1v) is 6.50. The zero-order chi connectivity index (χ0) is 13.2. The number of rotatable bonds is 3. The van der Waals surface area contributed by atoms with Crippen LogP contribution in [-0.4, -0.2) is 13.7 Å². The molecule has 0 amide bonds. The van der Waals surface area contributed by atoms with E-state index >= 15 is 0 Å². The smallest absolute Gasteiger partial charge is 0.142 e. The van der Waals surface area contributed by atoms with Gasteiger partial charge in [-0.3, -0.25) is 0 Å². The number of nitrogens with zero attached hydrogens (tertiary/aromatic N) is 3. The molecule has 3 aromatic rings. The van der Waals surface area contributed by atoms with E-state index in [9.17, 15) is 0 Å². The quantitative estimate of drug-likeness (QED) is 0.508. The summed E-state index contributed by atoms with van der Waals surface area (Å²) in [6, 6.07) is 9.02. The van der Waals surface area contributed by atoms with Gasteiger partial charge in [0.05, 0.1) is 22.4 Å². The van der Waals surface area contributed by atoms with Gasteiger partial charge in [0.2, 0.25) is 0 Å². The lowest BCUT2D eigenvalue weighted by Gasteiger charge is -2.09. The number of fused-ring (bicyclic) bond motifs is 1. The molecule has 0 fully saturated rings. The van der Waals surface area contributed by atoms with Crippen molar-refractivity contribution in [1.82, 2.24) is 13.7 Å². The lowest BCUT2D eigenvalue weighted by atomic mass is 10.2. The number of hydrogen-bond acceptors (Lipinski definition) is 7. The summed E-state index contributed by atoms with van der Waals surface area (Å²) in [5.74, 6) is 6.51. The van der Waals surface area contributed by atoms with Crippen molar-refractivity contribution in [1.29, 1.82) is 0 Å². The van der Waals surface area contributed by atoms with Gasteiger partial charge in [-0.25, -0.2) is 10.8 Å². The number of hydrazine groups is 1. The highest BCUT2D eigenvalue weighted by atomic mass is 35.5. The molecule has 0 saturated heterocycles. The van der Waals surface area contributed by atoms with Crippen molar-refractivity contribution >= 4 is 51.7 Å². The topological polar surface area (TPSA) is 88.8 Å². The van der Waals surface area contributed by atoms with E-state index < -0.39 is 0 Å². The SMILES string of the molecule is NNc1cccc(Nc2c(Cl)ccc3nsnc23)n1. The largest absolute Gasteiger partial charge is 0.337 e. The van der Waals surface area contributed by atoms with E-state index in [4.69, 9.17) is 17.4 Å². The van der Waals surface area contributed by atoms with Crippen molar-refractivity contribution < 1.29 is 0 Å². The first-order chi connectivity index (χ1) is 9.28. The van der Waals surface area contributed by atoms with Crippen LogP contribution in [-0.2, 0) is 0 Å². The molecule has 19 heavy (non-hydrogen) atoms. The maximum Gasteiger partial charge on any atom is 0.142 e. The van der Waals surface area contributed by atoms with Crippen molar-refractivity contribution in [2.75, 3.05) is 10.7 Å². The van der Waals surface area contributed by atoms with Crippen LogP contribution in [0.15, 0.2) is 30.3 Å². The van der Waals surface area contributed by atoms with Gasteiger partial charge in [-0.2, -0.15) is 8.75 Å². The molecule has 1 aromatic carbocycles. The van der Waals surface area contributed by atoms with Crippen molar-refractivity contribution in [2.45, 2.75) is 0 Å². The fourth-order valence-corrected chi connectivity index (χ4v) is 2.40. The molecule has 96 valence electrons. The number of pyridine rings is 1. The summed E-state index contributed by atoms with van der Waals surface area (Å²) in [6.07, 6.45) is 0. The Labute approximate surface area is 117 Å². The van der Waals surface area contributed by atoms with Crippen molar-refractivity contribution in [3.05, 3.63) is 35.4 Å². The first kappa shape index (κ1) is 12.1. The molecule has 0 aliphatic carbocycles. The zero-order valence-corrected chi connectivity index (χ0v) is 11.2. The molecule has 6 nitrogen and oxygen atoms in total. The number of nitrogen functional groups attached to an aromatic ring is 1. The Bertz CT molecular complexity index is 728. The van der Waals surface area contributed by atoms with E-state index in [1.807, 2.05) is 18.2 Å². The normalized spacial score (nSPS) is 10.6. The van der Waals surface area contributed by atoms with Crippen molar-refractivity contribution in [3.8, 4) is 0 Å². The highest BCUT2D eigenvalue weighted by Crippen LogP contribution is 2.32. The van der Waals surface area contributed by atoms with Gasteiger partial charge in [0.1, 0.15) is 22.7 Å². The van der Waals surface area contributed by atoms with Gasteiger partial charge in [0.25, 0.3) is 0 Å². The van der Waals surface area contributed by atoms with Crippen LogP contribution in [0.3, 0.4) is 0 Å². The second-order valence-electron chi connectivity index (χ2n) is 3.73. The van der Waals surface area contributed by atoms with E-state index in [2.05, 4.69) is 24.5 Å². The zero-order valence-electron chi connectivity index (χ0n) is 9.59. The molecule has 2 aromatic heterocycles. The summed E-state index contributed by atoms with van der Waals surface area (Å²) in [5, 5.41) is 3.70. The summed E-state index contributed by atoms with van der Waals surface area (Å²) in [4.78, 5) is 4.27. The third kappa shape index (κ3) is 2.30. The van der Waals surface area contributed by atoms with Gasteiger partial charge < -0.3 is 10.7 Å². The fourth-order valence-electron chi connectivity index (χ4n) is 1.66. The molecule has 3 rings (SSSR count). The molecule has 0 atom stereocenters. The predicted molar refractivity (Wildman–Crippen MR) is 77.8 cm³/mol. The number of hydrogen-bond donors (Lipinski definition) is 3. The minimum absolute atomic E-state index is 0.560. The van der Waals surface area contributed by atoms with Gasteiger partial charge >= 0.3 is 0 Å². The molecule has 0 radical (unpaired) electrons. The second-order valence-corrected chi connectivity index (χ2v) is 4.67. The molecule has 8 heteroatoms. The molecule has 0 bridgehead atoms. The summed E-state index contributed by atoms with van der Waals surface area (Å²) < 4.78 is 8.41. The van der Waals surface area contributed by atoms with Gasteiger partial charge in [0.15, 0.2) is 0 Å². The summed E-state index contributed by atoms with van der Waals surface area (Å²) >= 11 is 7.33. The molecule has 4 N–H and O–H groups in total. The van der Waals surface area contributed by atoms with Crippen LogP contribution in [0.4, 0.5) is 17.3 Å². The van der Waals surface area contributed by atoms with Crippen LogP contribution < -0.4 is 16.6 Å². The van der Waals surface area contributed by atoms with Gasteiger partial charge in [-0.05, 0) is 24.3 Å². The Morgan fingerprint density at radius 2 is 1.95 bits per heavy atom. The second kappa shape index (κ2) is 4.96. The Hall–Kier alpha value is -1.96. The van der Waals surface area contributed by atoms with E-state index in [1.54, 1.807) is 12.1 Å². The standard InChI is InChI=1S/C11H9ClN6S/c12-6-4-5-7-11(18-19-17-7)10(6)15-8-2-1-3-9(14-8)16-13/h1-5H,13H2,(H2,14,15,16). The molecule has 0 spiro atoms. The highest BCUT2D eigenvalue weighted by Gasteiger charge is 2.10. The van der Waals surface area contributed by atoms with E-state index in [1.165, 1.54) is 0 Å². The maximum absolute atomic E-state index is 6.19. The third-order valence-corrected chi connectivity index (χ3v) is 3.38. The minimum atomic E-state index is 0.560. The molecule has 0 saturated carbocycles. The molecule has 2 heterocycles. The first-order valence-electron chi connectivity index (χ1n) is 5.39. The summed E-state index contributed by atoms with van der Waals surface area (Å²) in [7, 11) is 0. The number of nitrogens with one attached hydrogen (secondary N) is 2. The molecular weight excluding hydrogens is 284 g/mol. The number of anilines is 3. The fraction of sp³-hybridized carbons (Fsp3) is 0. The Morgan fingerprint density at radius 3 is 2.79 bits per heavy atom. The lowest BCUT2D eigenvalue weighted by Crippen LogP contribution is -2.09. The average molecular weight is 293 g/mol. The predicted octanol–water partition coefficient (Wildman–Crippen LogP) is 2.77. The van der Waals surface area contributed by atoms with Gasteiger partial charge in [-0.15, -0.1) is 0 Å². The monoisotopic (exact) mass is 292 g/mol. The number of benzene rings is 1. The Balaban J connectivity index is 2.04. The van der Waals surface area contributed by atoms with Gasteiger partial charge in [0, 0.05) is 0 Å². The van der Waals surface area contributed by atoms with Gasteiger partial charge in [-0.1, -0.05) is 17.7 Å². The van der Waals surface area contributed by atoms with Crippen LogP contribution in [0.5, 0.6) is 0 Å². The summed E-state index contributed by atoms with van der Waals surface area (Å²) in [5.41, 5.74) is 4.70. The van der Waals surface area contributed by atoms with Crippen LogP contribution in [0, 0.1) is 0 Å². The molecular formula is C11H9ClN6S. The van der Waals surface area contributed by atoms with Crippen LogP contribution in [0.2, 0.25) is 5.02 Å². The van der Waals surface area contributed by atoms with Crippen molar-refractivity contribution in [2.24, 2.45) is 5.84 Å². The number of halogens is 1. The van der Waals surface area contributed by atoms with Crippen LogP contribution in [0.1, 0.15) is 0 Å². The minimum Gasteiger partial charge on any atom is -0.337 e. The highest BCUT2D eigenvalue weighted by molar-refractivity contribution is 7.00. The van der Waals surface area contributed by atoms with E-state index in [0.717, 1.165) is 22.8 Å². The van der Waals surface area contributed by atoms with E-state index in [-0.39, 0.29) is 0 Å². The van der Waals surface area contributed by atoms with Crippen LogP contribution in [0.25, 0.3) is 11.0 Å². The molecule has 0 aliphatic heterocycles. The van der Waals surface area contributed by atoms with Crippen LogP contribution >= 0.6 is 23.3 Å². The Kier molecular flexibility index (Phi) is 3.16. The maximum atomic E-state index is 6.19. The number of aromatic nitrogens is 3. The summed E-state index contributed by atoms with van der Waals surface area (Å²) in [6.45, 7) is 0. The Morgan fingerprint density at radius 1 is 1.11 bits per heavy atom. The third-order valence-electron chi connectivity index (χ3n) is 2.53.